The highest BCUT2D eigenvalue weighted by atomic mass is 16.5. The summed E-state index contributed by atoms with van der Waals surface area (Å²) in [5, 5.41) is 9.43. The van der Waals surface area contributed by atoms with E-state index in [2.05, 4.69) is 6.07 Å². The van der Waals surface area contributed by atoms with E-state index in [1.807, 2.05) is 55.6 Å². The Balaban J connectivity index is 1.74. The Kier molecular flexibility index (Phi) is 5.71. The van der Waals surface area contributed by atoms with Gasteiger partial charge in [0.1, 0.15) is 5.75 Å². The maximum atomic E-state index is 12.9. The number of para-hydroxylation sites is 1. The van der Waals surface area contributed by atoms with Gasteiger partial charge in [-0.1, -0.05) is 48.5 Å². The molecule has 0 saturated heterocycles. The van der Waals surface area contributed by atoms with Crippen LogP contribution in [0.25, 0.3) is 0 Å². The third kappa shape index (κ3) is 4.02. The minimum atomic E-state index is -0.103. The second kappa shape index (κ2) is 8.17. The molecule has 132 valence electrons. The molecule has 0 saturated carbocycles. The van der Waals surface area contributed by atoms with Crippen LogP contribution in [-0.4, -0.2) is 36.2 Å². The summed E-state index contributed by atoms with van der Waals surface area (Å²) in [6, 6.07) is 17.8. The first kappa shape index (κ1) is 17.5. The van der Waals surface area contributed by atoms with Crippen molar-refractivity contribution in [3.63, 3.8) is 0 Å². The van der Waals surface area contributed by atoms with Gasteiger partial charge in [-0.05, 0) is 36.0 Å². The van der Waals surface area contributed by atoms with Gasteiger partial charge in [0.2, 0.25) is 5.91 Å². The number of carbonyl (C=O) groups excluding carboxylic acids is 1. The lowest BCUT2D eigenvalue weighted by Crippen LogP contribution is -2.33. The second-order valence-corrected chi connectivity index (χ2v) is 6.52. The highest BCUT2D eigenvalue weighted by Crippen LogP contribution is 2.36. The lowest BCUT2D eigenvalue weighted by molar-refractivity contribution is -0.133. The standard InChI is InChI=1S/C21H25NO3/c1-22(19(11-13-23)16-7-3-2-4-8-16)21(24)15-17-12-14-25-20-10-6-5-9-18(17)20/h2-10,17,19,23H,11-15H2,1H3. The molecule has 1 amide bonds. The van der Waals surface area contributed by atoms with Crippen LogP contribution in [0.5, 0.6) is 5.75 Å². The quantitative estimate of drug-likeness (QED) is 0.876. The van der Waals surface area contributed by atoms with Crippen LogP contribution in [0, 0.1) is 0 Å². The number of ether oxygens (including phenoxy) is 1. The zero-order valence-corrected chi connectivity index (χ0v) is 14.6. The van der Waals surface area contributed by atoms with E-state index in [4.69, 9.17) is 4.74 Å². The fourth-order valence-electron chi connectivity index (χ4n) is 3.54. The summed E-state index contributed by atoms with van der Waals surface area (Å²) in [7, 11) is 1.83. The number of aliphatic hydroxyl groups is 1. The summed E-state index contributed by atoms with van der Waals surface area (Å²) >= 11 is 0. The molecule has 1 N–H and O–H groups in total. The van der Waals surface area contributed by atoms with Gasteiger partial charge in [-0.15, -0.1) is 0 Å². The minimum absolute atomic E-state index is 0.0529. The van der Waals surface area contributed by atoms with Gasteiger partial charge in [0.25, 0.3) is 0 Å². The number of amides is 1. The summed E-state index contributed by atoms with van der Waals surface area (Å²) in [5.41, 5.74) is 2.17. The SMILES string of the molecule is CN(C(=O)CC1CCOc2ccccc21)C(CCO)c1ccccc1. The molecule has 0 bridgehead atoms. The predicted molar refractivity (Wildman–Crippen MR) is 97.6 cm³/mol. The van der Waals surface area contributed by atoms with Crippen molar-refractivity contribution in [3.8, 4) is 5.75 Å². The van der Waals surface area contributed by atoms with E-state index >= 15 is 0 Å². The largest absolute Gasteiger partial charge is 0.493 e. The molecular weight excluding hydrogens is 314 g/mol. The average molecular weight is 339 g/mol. The van der Waals surface area contributed by atoms with Gasteiger partial charge < -0.3 is 14.7 Å². The van der Waals surface area contributed by atoms with Crippen LogP contribution in [0.15, 0.2) is 54.6 Å². The number of rotatable bonds is 6. The van der Waals surface area contributed by atoms with Crippen LogP contribution in [-0.2, 0) is 4.79 Å². The van der Waals surface area contributed by atoms with Crippen molar-refractivity contribution in [1.29, 1.82) is 0 Å². The van der Waals surface area contributed by atoms with Crippen molar-refractivity contribution < 1.29 is 14.6 Å². The van der Waals surface area contributed by atoms with E-state index in [1.165, 1.54) is 0 Å². The summed E-state index contributed by atoms with van der Waals surface area (Å²) < 4.78 is 5.69. The fraction of sp³-hybridized carbons (Fsp3) is 0.381. The molecule has 3 rings (SSSR count). The van der Waals surface area contributed by atoms with Crippen LogP contribution in [0.2, 0.25) is 0 Å². The smallest absolute Gasteiger partial charge is 0.223 e. The molecule has 0 spiro atoms. The van der Waals surface area contributed by atoms with Crippen molar-refractivity contribution in [2.24, 2.45) is 0 Å². The van der Waals surface area contributed by atoms with Gasteiger partial charge in [0.05, 0.1) is 12.6 Å². The molecule has 2 atom stereocenters. The van der Waals surface area contributed by atoms with Crippen LogP contribution >= 0.6 is 0 Å². The minimum Gasteiger partial charge on any atom is -0.493 e. The van der Waals surface area contributed by atoms with E-state index in [0.717, 1.165) is 23.3 Å². The molecule has 0 aliphatic carbocycles. The molecule has 4 nitrogen and oxygen atoms in total. The van der Waals surface area contributed by atoms with E-state index < -0.39 is 0 Å². The lowest BCUT2D eigenvalue weighted by Gasteiger charge is -2.31. The number of benzene rings is 2. The fourth-order valence-corrected chi connectivity index (χ4v) is 3.54. The zero-order valence-electron chi connectivity index (χ0n) is 14.6. The van der Waals surface area contributed by atoms with Crippen LogP contribution in [0.1, 0.15) is 42.3 Å². The molecule has 25 heavy (non-hydrogen) atoms. The van der Waals surface area contributed by atoms with Crippen LogP contribution < -0.4 is 4.74 Å². The van der Waals surface area contributed by atoms with Crippen LogP contribution in [0.3, 0.4) is 0 Å². The normalized spacial score (nSPS) is 17.3. The number of nitrogens with zero attached hydrogens (tertiary/aromatic N) is 1. The number of hydrogen-bond donors (Lipinski definition) is 1. The Morgan fingerprint density at radius 2 is 1.92 bits per heavy atom. The van der Waals surface area contributed by atoms with Gasteiger partial charge in [-0.25, -0.2) is 0 Å². The van der Waals surface area contributed by atoms with Gasteiger partial charge >= 0.3 is 0 Å². The third-order valence-electron chi connectivity index (χ3n) is 4.95. The molecule has 2 unspecified atom stereocenters. The summed E-state index contributed by atoms with van der Waals surface area (Å²) in [5.74, 6) is 1.18. The molecule has 2 aromatic carbocycles. The van der Waals surface area contributed by atoms with Crippen molar-refractivity contribution in [2.45, 2.75) is 31.2 Å². The van der Waals surface area contributed by atoms with E-state index in [9.17, 15) is 9.90 Å². The molecule has 0 fully saturated rings. The molecule has 4 heteroatoms. The van der Waals surface area contributed by atoms with Crippen LogP contribution in [0.4, 0.5) is 0 Å². The first-order chi connectivity index (χ1) is 12.2. The van der Waals surface area contributed by atoms with Gasteiger partial charge in [-0.3, -0.25) is 4.79 Å². The number of fused-ring (bicyclic) bond motifs is 1. The van der Waals surface area contributed by atoms with Crippen molar-refractivity contribution in [2.75, 3.05) is 20.3 Å². The molecule has 1 aliphatic rings. The summed E-state index contributed by atoms with van der Waals surface area (Å²) in [4.78, 5) is 14.7. The van der Waals surface area contributed by atoms with Gasteiger partial charge in [0, 0.05) is 20.1 Å². The van der Waals surface area contributed by atoms with Gasteiger partial charge in [-0.2, -0.15) is 0 Å². The topological polar surface area (TPSA) is 49.8 Å². The van der Waals surface area contributed by atoms with E-state index in [0.29, 0.717) is 19.4 Å². The molecule has 0 aromatic heterocycles. The van der Waals surface area contributed by atoms with Crippen molar-refractivity contribution in [3.05, 3.63) is 65.7 Å². The summed E-state index contributed by atoms with van der Waals surface area (Å²) in [6.45, 7) is 0.703. The monoisotopic (exact) mass is 339 g/mol. The first-order valence-corrected chi connectivity index (χ1v) is 8.84. The lowest BCUT2D eigenvalue weighted by atomic mass is 9.89. The Labute approximate surface area is 149 Å². The first-order valence-electron chi connectivity index (χ1n) is 8.84. The second-order valence-electron chi connectivity index (χ2n) is 6.52. The highest BCUT2D eigenvalue weighted by molar-refractivity contribution is 5.77. The van der Waals surface area contributed by atoms with Gasteiger partial charge in [0.15, 0.2) is 0 Å². The van der Waals surface area contributed by atoms with E-state index in [1.54, 1.807) is 4.90 Å². The summed E-state index contributed by atoms with van der Waals surface area (Å²) in [6.07, 6.45) is 1.86. The number of aliphatic hydroxyl groups excluding tert-OH is 1. The Morgan fingerprint density at radius 1 is 1.20 bits per heavy atom. The number of hydrogen-bond acceptors (Lipinski definition) is 3. The Bertz CT molecular complexity index is 701. The van der Waals surface area contributed by atoms with Crippen molar-refractivity contribution >= 4 is 5.91 Å². The average Bonchev–Trinajstić information content (AvgIpc) is 2.66. The van der Waals surface area contributed by atoms with E-state index in [-0.39, 0.29) is 24.5 Å². The molecule has 0 radical (unpaired) electrons. The zero-order chi connectivity index (χ0) is 17.6. The highest BCUT2D eigenvalue weighted by Gasteiger charge is 2.27. The third-order valence-corrected chi connectivity index (χ3v) is 4.95. The maximum absolute atomic E-state index is 12.9. The number of carbonyl (C=O) groups is 1. The predicted octanol–water partition coefficient (Wildman–Crippen LogP) is 3.52. The molecule has 1 heterocycles. The molecule has 1 aliphatic heterocycles. The molecular formula is C21H25NO3. The Hall–Kier alpha value is -2.33. The molecule has 2 aromatic rings. The van der Waals surface area contributed by atoms with Crippen molar-refractivity contribution in [1.82, 2.24) is 4.90 Å². The Morgan fingerprint density at radius 3 is 2.68 bits per heavy atom. The maximum Gasteiger partial charge on any atom is 0.223 e.